The van der Waals surface area contributed by atoms with Gasteiger partial charge < -0.3 is 15.0 Å². The van der Waals surface area contributed by atoms with E-state index < -0.39 is 5.92 Å². The Morgan fingerprint density at radius 1 is 1.18 bits per heavy atom. The van der Waals surface area contributed by atoms with Crippen molar-refractivity contribution in [2.24, 2.45) is 5.41 Å². The molecule has 2 aromatic rings. The van der Waals surface area contributed by atoms with Crippen molar-refractivity contribution in [2.45, 2.75) is 44.6 Å². The molecule has 10 heteroatoms. The van der Waals surface area contributed by atoms with Crippen molar-refractivity contribution in [3.05, 3.63) is 11.9 Å². The number of aryl methyl sites for hydroxylation is 1. The predicted octanol–water partition coefficient (Wildman–Crippen LogP) is 3.13. The van der Waals surface area contributed by atoms with Crippen LogP contribution in [-0.2, 0) is 4.74 Å². The lowest BCUT2D eigenvalue weighted by atomic mass is 9.78. The van der Waals surface area contributed by atoms with Gasteiger partial charge in [-0.1, -0.05) is 0 Å². The van der Waals surface area contributed by atoms with E-state index in [1.807, 2.05) is 13.0 Å². The maximum absolute atomic E-state index is 13.5. The third-order valence-electron chi connectivity index (χ3n) is 5.69. The van der Waals surface area contributed by atoms with Crippen molar-refractivity contribution < 1.29 is 13.5 Å². The molecule has 3 fully saturated rings. The molecule has 1 saturated carbocycles. The molecular weight excluding hydrogens is 386 g/mol. The molecule has 1 N–H and O–H groups in total. The SMILES string of the molecule is Cc1nsc(-c2nc(NC3CCC(F)(F)CC3)cc(N3CC4(COC4)C3)n2)n1. The van der Waals surface area contributed by atoms with Gasteiger partial charge in [0.05, 0.1) is 18.6 Å². The lowest BCUT2D eigenvalue weighted by molar-refractivity contribution is -0.127. The smallest absolute Gasteiger partial charge is 0.248 e. The van der Waals surface area contributed by atoms with Crippen molar-refractivity contribution in [2.75, 3.05) is 36.5 Å². The van der Waals surface area contributed by atoms with Crippen LogP contribution in [0.1, 0.15) is 31.5 Å². The first-order chi connectivity index (χ1) is 13.4. The van der Waals surface area contributed by atoms with Gasteiger partial charge in [-0.25, -0.2) is 23.7 Å². The van der Waals surface area contributed by atoms with Gasteiger partial charge in [0.25, 0.3) is 0 Å². The summed E-state index contributed by atoms with van der Waals surface area (Å²) in [6.45, 7) is 5.26. The quantitative estimate of drug-likeness (QED) is 0.833. The van der Waals surface area contributed by atoms with E-state index in [0.29, 0.717) is 35.3 Å². The van der Waals surface area contributed by atoms with E-state index in [0.717, 1.165) is 32.1 Å². The number of rotatable bonds is 4. The first-order valence-corrected chi connectivity index (χ1v) is 10.3. The second kappa shape index (κ2) is 6.55. The summed E-state index contributed by atoms with van der Waals surface area (Å²) < 4.78 is 36.5. The van der Waals surface area contributed by atoms with E-state index >= 15 is 0 Å². The van der Waals surface area contributed by atoms with Gasteiger partial charge in [0.15, 0.2) is 10.8 Å². The Balaban J connectivity index is 1.38. The molecule has 2 aliphatic heterocycles. The molecule has 28 heavy (non-hydrogen) atoms. The number of hydrogen-bond donors (Lipinski definition) is 1. The number of nitrogens with zero attached hydrogens (tertiary/aromatic N) is 5. The Morgan fingerprint density at radius 2 is 1.93 bits per heavy atom. The molecule has 3 aliphatic rings. The number of ether oxygens (including phenoxy) is 1. The molecule has 5 rings (SSSR count). The summed E-state index contributed by atoms with van der Waals surface area (Å²) in [7, 11) is 0. The highest BCUT2D eigenvalue weighted by Gasteiger charge is 2.49. The van der Waals surface area contributed by atoms with Gasteiger partial charge in [-0.05, 0) is 31.3 Å². The predicted molar refractivity (Wildman–Crippen MR) is 102 cm³/mol. The van der Waals surface area contributed by atoms with Crippen molar-refractivity contribution >= 4 is 23.2 Å². The molecule has 0 aromatic carbocycles. The zero-order chi connectivity index (χ0) is 19.4. The molecule has 0 bridgehead atoms. The van der Waals surface area contributed by atoms with Gasteiger partial charge in [-0.15, -0.1) is 0 Å². The highest BCUT2D eigenvalue weighted by atomic mass is 32.1. The molecule has 150 valence electrons. The van der Waals surface area contributed by atoms with Gasteiger partial charge in [-0.2, -0.15) is 4.37 Å². The first kappa shape index (κ1) is 18.1. The maximum Gasteiger partial charge on any atom is 0.248 e. The second-order valence-electron chi connectivity index (χ2n) is 8.21. The minimum absolute atomic E-state index is 0.00542. The Bertz CT molecular complexity index is 869. The summed E-state index contributed by atoms with van der Waals surface area (Å²) in [5, 5.41) is 4.01. The third kappa shape index (κ3) is 3.43. The fourth-order valence-electron chi connectivity index (χ4n) is 4.05. The minimum Gasteiger partial charge on any atom is -0.380 e. The van der Waals surface area contributed by atoms with Crippen LogP contribution in [0.5, 0.6) is 0 Å². The van der Waals surface area contributed by atoms with E-state index in [1.165, 1.54) is 11.5 Å². The number of nitrogens with one attached hydrogen (secondary N) is 1. The average molecular weight is 408 g/mol. The van der Waals surface area contributed by atoms with Crippen LogP contribution in [0.2, 0.25) is 0 Å². The molecule has 0 atom stereocenters. The van der Waals surface area contributed by atoms with Crippen LogP contribution in [0.4, 0.5) is 20.4 Å². The normalized spacial score (nSPS) is 23.3. The van der Waals surface area contributed by atoms with Crippen LogP contribution in [0.3, 0.4) is 0 Å². The Labute approximate surface area is 165 Å². The zero-order valence-electron chi connectivity index (χ0n) is 15.6. The Morgan fingerprint density at radius 3 is 2.54 bits per heavy atom. The van der Waals surface area contributed by atoms with Gasteiger partial charge in [0.1, 0.15) is 17.5 Å². The maximum atomic E-state index is 13.5. The molecule has 4 heterocycles. The molecular formula is C18H22F2N6OS. The van der Waals surface area contributed by atoms with Crippen LogP contribution in [0.25, 0.3) is 10.8 Å². The summed E-state index contributed by atoms with van der Waals surface area (Å²) in [6.07, 6.45) is 0.701. The second-order valence-corrected chi connectivity index (χ2v) is 8.96. The molecule has 0 radical (unpaired) electrons. The highest BCUT2D eigenvalue weighted by molar-refractivity contribution is 7.09. The van der Waals surface area contributed by atoms with Crippen molar-refractivity contribution in [1.82, 2.24) is 19.3 Å². The zero-order valence-corrected chi connectivity index (χ0v) is 16.4. The van der Waals surface area contributed by atoms with E-state index in [4.69, 9.17) is 9.72 Å². The number of aromatic nitrogens is 4. The van der Waals surface area contributed by atoms with Gasteiger partial charge in [0.2, 0.25) is 5.92 Å². The largest absolute Gasteiger partial charge is 0.380 e. The van der Waals surface area contributed by atoms with E-state index in [-0.39, 0.29) is 24.3 Å². The monoisotopic (exact) mass is 408 g/mol. The number of hydrogen-bond acceptors (Lipinski definition) is 8. The minimum atomic E-state index is -2.54. The topological polar surface area (TPSA) is 76.1 Å². The number of anilines is 2. The average Bonchev–Trinajstić information content (AvgIpc) is 3.01. The Hall–Kier alpha value is -1.94. The van der Waals surface area contributed by atoms with Crippen LogP contribution >= 0.6 is 11.5 Å². The third-order valence-corrected chi connectivity index (χ3v) is 6.50. The lowest BCUT2D eigenvalue weighted by Gasteiger charge is -2.55. The van der Waals surface area contributed by atoms with Crippen LogP contribution in [-0.4, -0.2) is 57.6 Å². The van der Waals surface area contributed by atoms with Gasteiger partial charge in [-0.3, -0.25) is 0 Å². The fourth-order valence-corrected chi connectivity index (χ4v) is 4.65. The molecule has 2 saturated heterocycles. The van der Waals surface area contributed by atoms with Crippen LogP contribution < -0.4 is 10.2 Å². The van der Waals surface area contributed by atoms with Gasteiger partial charge in [0, 0.05) is 38.0 Å². The standard InChI is InChI=1S/C18H22F2N6OS/c1-11-21-16(28-25-11)15-23-13(22-12-2-4-18(19,20)5-3-12)6-14(24-15)26-7-17(8-26)9-27-10-17/h6,12H,2-5,7-10H2,1H3,(H,22,23,24). The Kier molecular flexibility index (Phi) is 4.24. The van der Waals surface area contributed by atoms with Crippen molar-refractivity contribution in [3.63, 3.8) is 0 Å². The van der Waals surface area contributed by atoms with Crippen molar-refractivity contribution in [3.8, 4) is 10.8 Å². The van der Waals surface area contributed by atoms with Gasteiger partial charge >= 0.3 is 0 Å². The summed E-state index contributed by atoms with van der Waals surface area (Å²) in [5.74, 6) is 0.166. The van der Waals surface area contributed by atoms with E-state index in [2.05, 4.69) is 24.6 Å². The van der Waals surface area contributed by atoms with Crippen molar-refractivity contribution in [1.29, 1.82) is 0 Å². The summed E-state index contributed by atoms with van der Waals surface area (Å²) in [4.78, 5) is 15.9. The molecule has 7 nitrogen and oxygen atoms in total. The van der Waals surface area contributed by atoms with E-state index in [9.17, 15) is 8.78 Å². The van der Waals surface area contributed by atoms with Crippen LogP contribution in [0, 0.1) is 12.3 Å². The first-order valence-electron chi connectivity index (χ1n) is 9.57. The van der Waals surface area contributed by atoms with E-state index in [1.54, 1.807) is 0 Å². The number of alkyl halides is 2. The summed E-state index contributed by atoms with van der Waals surface area (Å²) in [6, 6.07) is 1.91. The molecule has 1 spiro atoms. The summed E-state index contributed by atoms with van der Waals surface area (Å²) in [5.41, 5.74) is 0.271. The van der Waals surface area contributed by atoms with Crippen LogP contribution in [0.15, 0.2) is 6.07 Å². The molecule has 2 aromatic heterocycles. The summed E-state index contributed by atoms with van der Waals surface area (Å²) >= 11 is 1.27. The highest BCUT2D eigenvalue weighted by Crippen LogP contribution is 2.41. The molecule has 0 amide bonds. The number of halogens is 2. The fraction of sp³-hybridized carbons (Fsp3) is 0.667. The molecule has 0 unspecified atom stereocenters. The molecule has 1 aliphatic carbocycles. The lowest BCUT2D eigenvalue weighted by Crippen LogP contribution is -2.66.